The van der Waals surface area contributed by atoms with Gasteiger partial charge in [-0.3, -0.25) is 9.59 Å². The van der Waals surface area contributed by atoms with E-state index in [0.29, 0.717) is 34.0 Å². The molecule has 2 N–H and O–H groups in total. The van der Waals surface area contributed by atoms with E-state index in [2.05, 4.69) is 0 Å². The van der Waals surface area contributed by atoms with Crippen molar-refractivity contribution >= 4 is 22.9 Å². The Balaban J connectivity index is 1.52. The first-order chi connectivity index (χ1) is 17.9. The van der Waals surface area contributed by atoms with Crippen LogP contribution in [0.15, 0.2) is 92.5 Å². The van der Waals surface area contributed by atoms with Crippen molar-refractivity contribution in [2.75, 3.05) is 0 Å². The molecule has 6 rings (SSSR count). The molecule has 3 aromatic carbocycles. The van der Waals surface area contributed by atoms with Crippen LogP contribution in [0.2, 0.25) is 0 Å². The Kier molecular flexibility index (Phi) is 5.15. The second-order valence-corrected chi connectivity index (χ2v) is 8.67. The van der Waals surface area contributed by atoms with Crippen molar-refractivity contribution < 1.29 is 33.4 Å². The molecule has 8 nitrogen and oxygen atoms in total. The van der Waals surface area contributed by atoms with Gasteiger partial charge in [0.1, 0.15) is 39.7 Å². The van der Waals surface area contributed by atoms with Crippen molar-refractivity contribution in [1.29, 1.82) is 0 Å². The molecule has 0 spiro atoms. The van der Waals surface area contributed by atoms with Crippen LogP contribution in [0.4, 0.5) is 0 Å². The van der Waals surface area contributed by atoms with Crippen LogP contribution in [0.1, 0.15) is 34.0 Å². The number of carboxylic acid groups (broad SMARTS) is 1. The van der Waals surface area contributed by atoms with Crippen molar-refractivity contribution in [3.05, 3.63) is 106 Å². The lowest BCUT2D eigenvalue weighted by Gasteiger charge is -2.24. The molecule has 8 heteroatoms. The summed E-state index contributed by atoms with van der Waals surface area (Å²) in [5.41, 5.74) is 1.58. The van der Waals surface area contributed by atoms with Crippen molar-refractivity contribution in [1.82, 2.24) is 0 Å². The molecule has 0 saturated heterocycles. The summed E-state index contributed by atoms with van der Waals surface area (Å²) in [5.74, 6) is -1.27. The van der Waals surface area contributed by atoms with Gasteiger partial charge in [-0.25, -0.2) is 4.79 Å². The number of hydrogen-bond acceptors (Lipinski definition) is 7. The Morgan fingerprint density at radius 3 is 2.30 bits per heavy atom. The van der Waals surface area contributed by atoms with Gasteiger partial charge in [0, 0.05) is 28.8 Å². The van der Waals surface area contributed by atoms with Crippen LogP contribution in [0.25, 0.3) is 33.6 Å². The molecule has 0 radical (unpaired) electrons. The number of fused-ring (bicyclic) bond motifs is 3. The molecule has 0 bridgehead atoms. The second kappa shape index (κ2) is 8.53. The largest absolute Gasteiger partial charge is 0.507 e. The van der Waals surface area contributed by atoms with E-state index < -0.39 is 23.3 Å². The molecule has 0 saturated carbocycles. The number of hydrogen-bond donors (Lipinski definition) is 2. The molecular formula is C29H18O8. The molecule has 5 aromatic rings. The van der Waals surface area contributed by atoms with Gasteiger partial charge in [0.25, 0.3) is 0 Å². The van der Waals surface area contributed by atoms with E-state index in [-0.39, 0.29) is 34.5 Å². The van der Waals surface area contributed by atoms with E-state index in [1.54, 1.807) is 36.4 Å². The molecule has 182 valence electrons. The number of benzene rings is 3. The first-order valence-corrected chi connectivity index (χ1v) is 11.4. The number of ether oxygens (including phenoxy) is 1. The van der Waals surface area contributed by atoms with Crippen molar-refractivity contribution in [3.8, 4) is 34.1 Å². The number of esters is 1. The van der Waals surface area contributed by atoms with Gasteiger partial charge < -0.3 is 23.8 Å². The number of aromatic hydroxyl groups is 1. The van der Waals surface area contributed by atoms with Gasteiger partial charge in [-0.05, 0) is 24.3 Å². The summed E-state index contributed by atoms with van der Waals surface area (Å²) in [6, 6.07) is 21.3. The number of rotatable bonds is 4. The lowest BCUT2D eigenvalue weighted by atomic mass is 9.88. The first-order valence-electron chi connectivity index (χ1n) is 11.4. The monoisotopic (exact) mass is 494 g/mol. The molecule has 0 amide bonds. The topological polar surface area (TPSA) is 127 Å². The van der Waals surface area contributed by atoms with Crippen LogP contribution in [0, 0.1) is 0 Å². The highest BCUT2D eigenvalue weighted by Crippen LogP contribution is 2.46. The molecule has 37 heavy (non-hydrogen) atoms. The smallest absolute Gasteiger partial charge is 0.335 e. The SMILES string of the molecule is O=C1C[C@H](c2ccc(-c3ccc(C(=O)O)cc3)o2)c2c(cc(O)c3c(=O)cc(-c4ccccc4)oc23)O1. The first kappa shape index (κ1) is 22.4. The summed E-state index contributed by atoms with van der Waals surface area (Å²) in [7, 11) is 0. The van der Waals surface area contributed by atoms with Crippen LogP contribution < -0.4 is 10.2 Å². The number of carbonyl (C=O) groups is 2. The van der Waals surface area contributed by atoms with Gasteiger partial charge in [-0.15, -0.1) is 0 Å². The fourth-order valence-corrected chi connectivity index (χ4v) is 4.62. The quantitative estimate of drug-likeness (QED) is 0.245. The standard InChI is InChI=1S/C29H18O8/c30-19-13-23(15-4-2-1-3-5-15)37-28-26-18(12-25(32)36-24(26)14-20(31)27(19)28)22-11-10-21(35-22)16-6-8-17(9-7-16)29(33)34/h1-11,13-14,18,31H,12H2,(H,33,34)/t18-/m1/s1. The maximum absolute atomic E-state index is 13.1. The average Bonchev–Trinajstić information content (AvgIpc) is 3.38. The van der Waals surface area contributed by atoms with Gasteiger partial charge in [0.2, 0.25) is 0 Å². The number of furan rings is 1. The van der Waals surface area contributed by atoms with Crippen LogP contribution >= 0.6 is 0 Å². The van der Waals surface area contributed by atoms with Gasteiger partial charge in [0.05, 0.1) is 17.9 Å². The number of phenolic OH excluding ortho intramolecular Hbond substituents is 1. The third-order valence-electron chi connectivity index (χ3n) is 6.37. The van der Waals surface area contributed by atoms with Gasteiger partial charge in [-0.1, -0.05) is 42.5 Å². The van der Waals surface area contributed by atoms with Crippen LogP contribution in [0.5, 0.6) is 11.5 Å². The van der Waals surface area contributed by atoms with Gasteiger partial charge >= 0.3 is 11.9 Å². The van der Waals surface area contributed by atoms with E-state index in [1.165, 1.54) is 24.3 Å². The maximum atomic E-state index is 13.1. The second-order valence-electron chi connectivity index (χ2n) is 8.67. The predicted octanol–water partition coefficient (Wildman–Crippen LogP) is 5.56. The summed E-state index contributed by atoms with van der Waals surface area (Å²) in [6.45, 7) is 0. The van der Waals surface area contributed by atoms with Crippen LogP contribution in [0.3, 0.4) is 0 Å². The van der Waals surface area contributed by atoms with E-state index in [0.717, 1.165) is 0 Å². The fourth-order valence-electron chi connectivity index (χ4n) is 4.62. The molecule has 0 fully saturated rings. The third kappa shape index (κ3) is 3.84. The Morgan fingerprint density at radius 1 is 0.838 bits per heavy atom. The van der Waals surface area contributed by atoms with Crippen LogP contribution in [-0.4, -0.2) is 22.2 Å². The summed E-state index contributed by atoms with van der Waals surface area (Å²) >= 11 is 0. The number of phenols is 1. The molecule has 1 aliphatic heterocycles. The minimum Gasteiger partial charge on any atom is -0.507 e. The van der Waals surface area contributed by atoms with Gasteiger partial charge in [0.15, 0.2) is 5.43 Å². The Bertz CT molecular complexity index is 1740. The number of aromatic carboxylic acids is 1. The molecular weight excluding hydrogens is 476 g/mol. The molecule has 1 aliphatic rings. The highest BCUT2D eigenvalue weighted by molar-refractivity contribution is 5.93. The maximum Gasteiger partial charge on any atom is 0.335 e. The minimum absolute atomic E-state index is 0.0163. The molecule has 0 aliphatic carbocycles. The zero-order valence-electron chi connectivity index (χ0n) is 19.1. The van der Waals surface area contributed by atoms with Gasteiger partial charge in [-0.2, -0.15) is 0 Å². The van der Waals surface area contributed by atoms with Crippen molar-refractivity contribution in [3.63, 3.8) is 0 Å². The Labute approximate surface area is 209 Å². The summed E-state index contributed by atoms with van der Waals surface area (Å²) in [5, 5.41) is 19.7. The highest BCUT2D eigenvalue weighted by atomic mass is 16.5. The molecule has 0 unspecified atom stereocenters. The van der Waals surface area contributed by atoms with E-state index in [9.17, 15) is 19.5 Å². The number of carbonyl (C=O) groups excluding carboxylic acids is 1. The van der Waals surface area contributed by atoms with E-state index in [1.807, 2.05) is 18.2 Å². The van der Waals surface area contributed by atoms with E-state index >= 15 is 0 Å². The molecule has 3 heterocycles. The van der Waals surface area contributed by atoms with Crippen LogP contribution in [-0.2, 0) is 4.79 Å². The lowest BCUT2D eigenvalue weighted by molar-refractivity contribution is -0.135. The predicted molar refractivity (Wildman–Crippen MR) is 133 cm³/mol. The molecule has 2 aromatic heterocycles. The fraction of sp³-hybridized carbons (Fsp3) is 0.0690. The minimum atomic E-state index is -1.03. The number of carboxylic acids is 1. The summed E-state index contributed by atoms with van der Waals surface area (Å²) in [4.78, 5) is 36.7. The van der Waals surface area contributed by atoms with Crippen molar-refractivity contribution in [2.24, 2.45) is 0 Å². The van der Waals surface area contributed by atoms with E-state index in [4.69, 9.17) is 18.7 Å². The summed E-state index contributed by atoms with van der Waals surface area (Å²) in [6.07, 6.45) is -0.0724. The third-order valence-corrected chi connectivity index (χ3v) is 6.37. The van der Waals surface area contributed by atoms with Crippen molar-refractivity contribution in [2.45, 2.75) is 12.3 Å². The Hall–Kier alpha value is -5.11. The zero-order valence-corrected chi connectivity index (χ0v) is 19.1. The molecule has 1 atom stereocenters. The lowest BCUT2D eigenvalue weighted by Crippen LogP contribution is -2.21. The average molecular weight is 494 g/mol. The summed E-state index contributed by atoms with van der Waals surface area (Å²) < 4.78 is 17.7. The normalized spacial score (nSPS) is 14.8. The highest BCUT2D eigenvalue weighted by Gasteiger charge is 2.35. The Morgan fingerprint density at radius 2 is 1.57 bits per heavy atom. The zero-order chi connectivity index (χ0) is 25.7.